The van der Waals surface area contributed by atoms with Gasteiger partial charge in [0, 0.05) is 21.7 Å². The van der Waals surface area contributed by atoms with Gasteiger partial charge >= 0.3 is 0 Å². The first kappa shape index (κ1) is 15.6. The van der Waals surface area contributed by atoms with E-state index in [1.807, 2.05) is 12.3 Å². The molecule has 0 bridgehead atoms. The molecule has 8 heteroatoms. The molecule has 106 valence electrons. The van der Waals surface area contributed by atoms with Crippen LogP contribution >= 0.6 is 46.3 Å². The number of thiazole rings is 1. The lowest BCUT2D eigenvalue weighted by atomic mass is 10.3. The number of aryl methyl sites for hydroxylation is 1. The molecule has 0 aliphatic carbocycles. The molecular formula is C12H9Cl2FN2OS2. The summed E-state index contributed by atoms with van der Waals surface area (Å²) in [6.07, 6.45) is 0. The van der Waals surface area contributed by atoms with Gasteiger partial charge in [-0.2, -0.15) is 0 Å². The van der Waals surface area contributed by atoms with Crippen molar-refractivity contribution in [3.63, 3.8) is 0 Å². The van der Waals surface area contributed by atoms with Gasteiger partial charge in [-0.3, -0.25) is 4.79 Å². The zero-order chi connectivity index (χ0) is 14.7. The number of aromatic nitrogens is 1. The molecule has 0 saturated carbocycles. The number of benzene rings is 1. The average molecular weight is 351 g/mol. The molecule has 0 radical (unpaired) electrons. The van der Waals surface area contributed by atoms with Crippen molar-refractivity contribution in [1.29, 1.82) is 0 Å². The second-order valence-corrected chi connectivity index (χ2v) is 6.73. The lowest BCUT2D eigenvalue weighted by Gasteiger charge is -2.07. The SMILES string of the molecule is Cc1csc(Sc2ccc(NC(=O)C(F)Cl)cc2Cl)n1. The minimum absolute atomic E-state index is 0.392. The number of halogens is 3. The fraction of sp³-hybridized carbons (Fsp3) is 0.167. The second kappa shape index (κ2) is 6.76. The van der Waals surface area contributed by atoms with Crippen LogP contribution < -0.4 is 5.32 Å². The molecule has 2 rings (SSSR count). The highest BCUT2D eigenvalue weighted by Gasteiger charge is 2.14. The van der Waals surface area contributed by atoms with E-state index >= 15 is 0 Å². The number of rotatable bonds is 4. The Morgan fingerprint density at radius 2 is 2.30 bits per heavy atom. The molecule has 20 heavy (non-hydrogen) atoms. The summed E-state index contributed by atoms with van der Waals surface area (Å²) in [7, 11) is 0. The first-order valence-corrected chi connectivity index (χ1v) is 7.95. The van der Waals surface area contributed by atoms with Crippen molar-refractivity contribution in [2.75, 3.05) is 5.32 Å². The van der Waals surface area contributed by atoms with Crippen LogP contribution in [0.3, 0.4) is 0 Å². The van der Waals surface area contributed by atoms with Crippen LogP contribution in [0.1, 0.15) is 5.69 Å². The Hall–Kier alpha value is -0.820. The number of nitrogens with one attached hydrogen (secondary N) is 1. The van der Waals surface area contributed by atoms with Crippen LogP contribution in [0, 0.1) is 6.92 Å². The van der Waals surface area contributed by atoms with Crippen LogP contribution in [-0.4, -0.2) is 16.5 Å². The number of nitrogens with zero attached hydrogens (tertiary/aromatic N) is 1. The topological polar surface area (TPSA) is 42.0 Å². The largest absolute Gasteiger partial charge is 0.322 e. The van der Waals surface area contributed by atoms with Crippen LogP contribution in [-0.2, 0) is 4.79 Å². The molecule has 1 unspecified atom stereocenters. The maximum atomic E-state index is 12.6. The van der Waals surface area contributed by atoms with E-state index in [1.165, 1.54) is 23.1 Å². The maximum absolute atomic E-state index is 12.6. The van der Waals surface area contributed by atoms with Gasteiger partial charge in [0.05, 0.1) is 5.02 Å². The molecule has 0 saturated heterocycles. The van der Waals surface area contributed by atoms with Gasteiger partial charge in [0.15, 0.2) is 4.34 Å². The summed E-state index contributed by atoms with van der Waals surface area (Å²) in [5, 5.41) is 4.73. The van der Waals surface area contributed by atoms with E-state index in [-0.39, 0.29) is 0 Å². The zero-order valence-corrected chi connectivity index (χ0v) is 13.3. The number of hydrogen-bond donors (Lipinski definition) is 1. The second-order valence-electron chi connectivity index (χ2n) is 3.79. The maximum Gasteiger partial charge on any atom is 0.274 e. The Kier molecular flexibility index (Phi) is 5.26. The predicted molar refractivity (Wildman–Crippen MR) is 81.8 cm³/mol. The molecule has 1 N–H and O–H groups in total. The van der Waals surface area contributed by atoms with Crippen molar-refractivity contribution in [3.8, 4) is 0 Å². The van der Waals surface area contributed by atoms with Gasteiger partial charge in [-0.25, -0.2) is 9.37 Å². The minimum Gasteiger partial charge on any atom is -0.322 e. The van der Waals surface area contributed by atoms with Crippen molar-refractivity contribution >= 4 is 57.9 Å². The summed E-state index contributed by atoms with van der Waals surface area (Å²) in [6, 6.07) is 4.91. The first-order chi connectivity index (χ1) is 9.45. The van der Waals surface area contributed by atoms with Gasteiger partial charge in [0.1, 0.15) is 0 Å². The summed E-state index contributed by atoms with van der Waals surface area (Å²) < 4.78 is 13.4. The van der Waals surface area contributed by atoms with Crippen molar-refractivity contribution in [1.82, 2.24) is 4.98 Å². The van der Waals surface area contributed by atoms with Crippen molar-refractivity contribution in [2.24, 2.45) is 0 Å². The van der Waals surface area contributed by atoms with Gasteiger partial charge in [0.25, 0.3) is 11.5 Å². The highest BCUT2D eigenvalue weighted by atomic mass is 35.5. The molecule has 2 aromatic rings. The van der Waals surface area contributed by atoms with Gasteiger partial charge in [-0.05, 0) is 25.1 Å². The van der Waals surface area contributed by atoms with Crippen molar-refractivity contribution in [2.45, 2.75) is 21.8 Å². The van der Waals surface area contributed by atoms with Gasteiger partial charge < -0.3 is 5.32 Å². The van der Waals surface area contributed by atoms with Gasteiger partial charge in [-0.15, -0.1) is 11.3 Å². The average Bonchev–Trinajstić information content (AvgIpc) is 2.78. The third-order valence-electron chi connectivity index (χ3n) is 2.19. The van der Waals surface area contributed by atoms with E-state index in [0.29, 0.717) is 10.7 Å². The quantitative estimate of drug-likeness (QED) is 0.810. The van der Waals surface area contributed by atoms with E-state index in [4.69, 9.17) is 23.2 Å². The standard InChI is InChI=1S/C12H9Cl2FN2OS2/c1-6-5-19-12(16-6)20-9-3-2-7(4-8(9)13)17-11(18)10(14)15/h2-5,10H,1H3,(H,17,18). The molecule has 3 nitrogen and oxygen atoms in total. The third-order valence-corrected chi connectivity index (χ3v) is 4.95. The van der Waals surface area contributed by atoms with Crippen LogP contribution in [0.5, 0.6) is 0 Å². The van der Waals surface area contributed by atoms with E-state index in [0.717, 1.165) is 14.9 Å². The zero-order valence-electron chi connectivity index (χ0n) is 10.2. The predicted octanol–water partition coefficient (Wildman–Crippen LogP) is 4.73. The molecule has 1 aromatic heterocycles. The summed E-state index contributed by atoms with van der Waals surface area (Å²) in [5.41, 5.74) is -0.738. The van der Waals surface area contributed by atoms with E-state index < -0.39 is 11.5 Å². The number of alkyl halides is 2. The molecule has 0 aliphatic rings. The van der Waals surface area contributed by atoms with Gasteiger partial charge in [0.2, 0.25) is 0 Å². The number of amides is 1. The molecule has 1 amide bonds. The molecule has 0 aliphatic heterocycles. The van der Waals surface area contributed by atoms with Crippen molar-refractivity contribution in [3.05, 3.63) is 34.3 Å². The molecule has 1 aromatic carbocycles. The van der Waals surface area contributed by atoms with Crippen LogP contribution in [0.4, 0.5) is 10.1 Å². The molecule has 0 fully saturated rings. The van der Waals surface area contributed by atoms with Crippen LogP contribution in [0.2, 0.25) is 5.02 Å². The number of carbonyl (C=O) groups excluding carboxylic acids is 1. The van der Waals surface area contributed by atoms with E-state index in [9.17, 15) is 9.18 Å². The van der Waals surface area contributed by atoms with Gasteiger partial charge in [-0.1, -0.05) is 35.0 Å². The van der Waals surface area contributed by atoms with E-state index in [2.05, 4.69) is 10.3 Å². The Labute approximate surface area is 133 Å². The Morgan fingerprint density at radius 3 is 2.85 bits per heavy atom. The fourth-order valence-electron chi connectivity index (χ4n) is 1.33. The highest BCUT2D eigenvalue weighted by Crippen LogP contribution is 2.36. The highest BCUT2D eigenvalue weighted by molar-refractivity contribution is 8.01. The summed E-state index contributed by atoms with van der Waals surface area (Å²) in [5.74, 6) is -0.918. The number of hydrogen-bond acceptors (Lipinski definition) is 4. The first-order valence-electron chi connectivity index (χ1n) is 5.44. The monoisotopic (exact) mass is 350 g/mol. The fourth-order valence-corrected chi connectivity index (χ4v) is 3.48. The Morgan fingerprint density at radius 1 is 1.55 bits per heavy atom. The molecule has 1 atom stereocenters. The number of carbonyl (C=O) groups is 1. The summed E-state index contributed by atoms with van der Waals surface area (Å²) in [6.45, 7) is 1.92. The Balaban J connectivity index is 2.11. The normalized spacial score (nSPS) is 12.2. The number of anilines is 1. The molecular weight excluding hydrogens is 342 g/mol. The molecule has 1 heterocycles. The summed E-state index contributed by atoms with van der Waals surface area (Å²) >= 11 is 14.1. The molecule has 0 spiro atoms. The van der Waals surface area contributed by atoms with Crippen LogP contribution in [0.25, 0.3) is 0 Å². The summed E-state index contributed by atoms with van der Waals surface area (Å²) in [4.78, 5) is 16.3. The Bertz CT molecular complexity index is 634. The minimum atomic E-state index is -2.08. The third kappa shape index (κ3) is 4.09. The lowest BCUT2D eigenvalue weighted by molar-refractivity contribution is -0.118. The smallest absolute Gasteiger partial charge is 0.274 e. The van der Waals surface area contributed by atoms with E-state index in [1.54, 1.807) is 18.2 Å². The van der Waals surface area contributed by atoms with Crippen LogP contribution in [0.15, 0.2) is 32.8 Å². The van der Waals surface area contributed by atoms with Crippen molar-refractivity contribution < 1.29 is 9.18 Å². The lowest BCUT2D eigenvalue weighted by Crippen LogP contribution is -2.19.